The van der Waals surface area contributed by atoms with Gasteiger partial charge in [-0.3, -0.25) is 4.79 Å². The number of hydrogen-bond acceptors (Lipinski definition) is 5. The van der Waals surface area contributed by atoms with Crippen LogP contribution in [0.1, 0.15) is 61.3 Å². The van der Waals surface area contributed by atoms with Crippen molar-refractivity contribution in [3.63, 3.8) is 0 Å². The van der Waals surface area contributed by atoms with Gasteiger partial charge in [0.15, 0.2) is 17.3 Å². The third-order valence-corrected chi connectivity index (χ3v) is 5.82. The fraction of sp³-hybridized carbons (Fsp3) is 0.423. The highest BCUT2D eigenvalue weighted by molar-refractivity contribution is 6.05. The molecule has 1 amide bonds. The van der Waals surface area contributed by atoms with Crippen LogP contribution in [0, 0.1) is 6.92 Å². The van der Waals surface area contributed by atoms with E-state index in [0.29, 0.717) is 30.3 Å². The molecule has 0 saturated carbocycles. The molecule has 0 unspecified atom stereocenters. The zero-order valence-corrected chi connectivity index (χ0v) is 19.7. The van der Waals surface area contributed by atoms with Gasteiger partial charge in [0, 0.05) is 29.8 Å². The lowest BCUT2D eigenvalue weighted by Gasteiger charge is -2.14. The Hall–Kier alpha value is -3.35. The van der Waals surface area contributed by atoms with Crippen LogP contribution < -0.4 is 14.8 Å². The van der Waals surface area contributed by atoms with Crippen LogP contribution in [-0.4, -0.2) is 33.9 Å². The van der Waals surface area contributed by atoms with Crippen molar-refractivity contribution in [3.05, 3.63) is 53.3 Å². The Bertz CT molecular complexity index is 1120. The monoisotopic (exact) mass is 448 g/mol. The molecule has 7 nitrogen and oxygen atoms in total. The van der Waals surface area contributed by atoms with Gasteiger partial charge in [-0.25, -0.2) is 0 Å². The summed E-state index contributed by atoms with van der Waals surface area (Å²) in [6.07, 6.45) is 5.36. The molecular weight excluding hydrogens is 416 g/mol. The minimum Gasteiger partial charge on any atom is -0.490 e. The average molecular weight is 449 g/mol. The van der Waals surface area contributed by atoms with E-state index in [0.717, 1.165) is 60.7 Å². The molecule has 0 aliphatic carbocycles. The van der Waals surface area contributed by atoms with E-state index in [2.05, 4.69) is 27.0 Å². The minimum absolute atomic E-state index is 0.196. The van der Waals surface area contributed by atoms with Crippen LogP contribution in [0.5, 0.6) is 11.5 Å². The molecule has 1 aromatic heterocycles. The van der Waals surface area contributed by atoms with Crippen LogP contribution in [0.2, 0.25) is 0 Å². The highest BCUT2D eigenvalue weighted by Gasteiger charge is 2.18. The Kier molecular flexibility index (Phi) is 7.27. The van der Waals surface area contributed by atoms with E-state index in [-0.39, 0.29) is 5.91 Å². The number of anilines is 1. The fourth-order valence-corrected chi connectivity index (χ4v) is 4.04. The van der Waals surface area contributed by atoms with Crippen LogP contribution in [0.25, 0.3) is 11.4 Å². The van der Waals surface area contributed by atoms with Crippen molar-refractivity contribution in [2.24, 2.45) is 0 Å². The number of aryl methyl sites for hydroxylation is 2. The second kappa shape index (κ2) is 10.5. The largest absolute Gasteiger partial charge is 0.490 e. The predicted molar refractivity (Wildman–Crippen MR) is 129 cm³/mol. The topological polar surface area (TPSA) is 78.3 Å². The van der Waals surface area contributed by atoms with Crippen LogP contribution in [0.4, 0.5) is 5.69 Å². The van der Waals surface area contributed by atoms with Gasteiger partial charge in [-0.1, -0.05) is 25.5 Å². The lowest BCUT2D eigenvalue weighted by molar-refractivity contribution is 0.102. The average Bonchev–Trinajstić information content (AvgIpc) is 3.07. The Morgan fingerprint density at radius 1 is 1.03 bits per heavy atom. The lowest BCUT2D eigenvalue weighted by atomic mass is 10.1. The number of amides is 1. The van der Waals surface area contributed by atoms with Crippen LogP contribution >= 0.6 is 0 Å². The number of nitrogens with zero attached hydrogens (tertiary/aromatic N) is 3. The van der Waals surface area contributed by atoms with Crippen molar-refractivity contribution in [2.75, 3.05) is 18.5 Å². The normalized spacial score (nSPS) is 13.2. The number of fused-ring (bicyclic) bond motifs is 1. The molecule has 174 valence electrons. The molecule has 0 saturated heterocycles. The summed E-state index contributed by atoms with van der Waals surface area (Å²) < 4.78 is 13.7. The summed E-state index contributed by atoms with van der Waals surface area (Å²) in [6, 6.07) is 11.3. The number of aromatic nitrogens is 3. The standard InChI is InChI=1S/C26H32N4O3/c1-4-15-33-22-13-12-20(17-23(22)32-5-2)26(31)27-21-16-19(11-10-18(21)3)25-29-28-24-9-7-6-8-14-30(24)25/h10-13,16-17H,4-9,14-15H2,1-3H3,(H,27,31). The molecule has 1 N–H and O–H groups in total. The van der Waals surface area contributed by atoms with Crippen molar-refractivity contribution in [1.29, 1.82) is 0 Å². The summed E-state index contributed by atoms with van der Waals surface area (Å²) >= 11 is 0. The van der Waals surface area contributed by atoms with E-state index in [9.17, 15) is 4.79 Å². The summed E-state index contributed by atoms with van der Waals surface area (Å²) in [7, 11) is 0. The SMILES string of the molecule is CCCOc1ccc(C(=O)Nc2cc(-c3nnc4n3CCCCC4)ccc2C)cc1OCC. The van der Waals surface area contributed by atoms with Gasteiger partial charge in [0.25, 0.3) is 5.91 Å². The number of carbonyl (C=O) groups is 1. The Balaban J connectivity index is 1.58. The van der Waals surface area contributed by atoms with Gasteiger partial charge < -0.3 is 19.4 Å². The third-order valence-electron chi connectivity index (χ3n) is 5.82. The van der Waals surface area contributed by atoms with E-state index in [1.165, 1.54) is 6.42 Å². The number of benzene rings is 2. The second-order valence-corrected chi connectivity index (χ2v) is 8.33. The number of nitrogens with one attached hydrogen (secondary N) is 1. The van der Waals surface area contributed by atoms with Gasteiger partial charge in [-0.15, -0.1) is 10.2 Å². The van der Waals surface area contributed by atoms with Gasteiger partial charge in [0.1, 0.15) is 5.82 Å². The number of rotatable bonds is 8. The molecule has 0 spiro atoms. The second-order valence-electron chi connectivity index (χ2n) is 8.33. The summed E-state index contributed by atoms with van der Waals surface area (Å²) in [5, 5.41) is 11.9. The number of carbonyl (C=O) groups excluding carboxylic acids is 1. The Morgan fingerprint density at radius 3 is 2.73 bits per heavy atom. The molecule has 1 aliphatic rings. The van der Waals surface area contributed by atoms with E-state index in [1.807, 2.05) is 32.0 Å². The zero-order chi connectivity index (χ0) is 23.2. The molecule has 7 heteroatoms. The van der Waals surface area contributed by atoms with Gasteiger partial charge in [-0.05, 0) is 62.9 Å². The van der Waals surface area contributed by atoms with Crippen molar-refractivity contribution < 1.29 is 14.3 Å². The summed E-state index contributed by atoms with van der Waals surface area (Å²) in [5.41, 5.74) is 3.21. The number of ether oxygens (including phenoxy) is 2. The molecule has 0 bridgehead atoms. The minimum atomic E-state index is -0.196. The van der Waals surface area contributed by atoms with Gasteiger partial charge in [-0.2, -0.15) is 0 Å². The molecule has 0 fully saturated rings. The first-order valence-corrected chi connectivity index (χ1v) is 11.8. The molecule has 4 rings (SSSR count). The Morgan fingerprint density at radius 2 is 1.91 bits per heavy atom. The van der Waals surface area contributed by atoms with Crippen LogP contribution in [-0.2, 0) is 13.0 Å². The van der Waals surface area contributed by atoms with Crippen molar-refractivity contribution in [3.8, 4) is 22.9 Å². The summed E-state index contributed by atoms with van der Waals surface area (Å²) in [5.74, 6) is 2.94. The van der Waals surface area contributed by atoms with Crippen LogP contribution in [0.15, 0.2) is 36.4 Å². The first-order valence-electron chi connectivity index (χ1n) is 11.8. The van der Waals surface area contributed by atoms with Crippen LogP contribution in [0.3, 0.4) is 0 Å². The van der Waals surface area contributed by atoms with Gasteiger partial charge >= 0.3 is 0 Å². The smallest absolute Gasteiger partial charge is 0.255 e. The maximum absolute atomic E-state index is 13.1. The molecule has 0 radical (unpaired) electrons. The molecular formula is C26H32N4O3. The Labute approximate surface area is 195 Å². The van der Waals surface area contributed by atoms with Crippen molar-refractivity contribution in [1.82, 2.24) is 14.8 Å². The predicted octanol–water partition coefficient (Wildman–Crippen LogP) is 5.42. The summed E-state index contributed by atoms with van der Waals surface area (Å²) in [4.78, 5) is 13.1. The zero-order valence-electron chi connectivity index (χ0n) is 19.7. The number of hydrogen-bond donors (Lipinski definition) is 1. The molecule has 1 aliphatic heterocycles. The molecule has 3 aromatic rings. The maximum atomic E-state index is 13.1. The highest BCUT2D eigenvalue weighted by Crippen LogP contribution is 2.30. The first kappa shape index (κ1) is 22.8. The quantitative estimate of drug-likeness (QED) is 0.498. The molecule has 33 heavy (non-hydrogen) atoms. The van der Waals surface area contributed by atoms with E-state index >= 15 is 0 Å². The van der Waals surface area contributed by atoms with Gasteiger partial charge in [0.05, 0.1) is 13.2 Å². The molecule has 2 aromatic carbocycles. The lowest BCUT2D eigenvalue weighted by Crippen LogP contribution is -2.13. The summed E-state index contributed by atoms with van der Waals surface area (Å²) in [6.45, 7) is 7.98. The van der Waals surface area contributed by atoms with Crippen molar-refractivity contribution >= 4 is 11.6 Å². The molecule has 0 atom stereocenters. The highest BCUT2D eigenvalue weighted by atomic mass is 16.5. The van der Waals surface area contributed by atoms with E-state index in [1.54, 1.807) is 18.2 Å². The molecule has 2 heterocycles. The van der Waals surface area contributed by atoms with Crippen molar-refractivity contribution in [2.45, 2.75) is 59.4 Å². The maximum Gasteiger partial charge on any atom is 0.255 e. The fourth-order valence-electron chi connectivity index (χ4n) is 4.04. The first-order chi connectivity index (χ1) is 16.1. The third kappa shape index (κ3) is 5.18. The van der Waals surface area contributed by atoms with Gasteiger partial charge in [0.2, 0.25) is 0 Å². The van der Waals surface area contributed by atoms with E-state index < -0.39 is 0 Å². The van der Waals surface area contributed by atoms with E-state index in [4.69, 9.17) is 9.47 Å².